The summed E-state index contributed by atoms with van der Waals surface area (Å²) >= 11 is 1.60. The van der Waals surface area contributed by atoms with Crippen LogP contribution in [0.1, 0.15) is 18.4 Å². The van der Waals surface area contributed by atoms with Crippen LogP contribution in [0.4, 0.5) is 0 Å². The Kier molecular flexibility index (Phi) is 2.69. The van der Waals surface area contributed by atoms with Gasteiger partial charge in [-0.05, 0) is 13.3 Å². The van der Waals surface area contributed by atoms with Gasteiger partial charge in [0, 0.05) is 24.9 Å². The van der Waals surface area contributed by atoms with Crippen LogP contribution in [0.3, 0.4) is 0 Å². The van der Waals surface area contributed by atoms with Gasteiger partial charge in [0.1, 0.15) is 0 Å². The van der Waals surface area contributed by atoms with Crippen LogP contribution in [0.25, 0.3) is 10.5 Å². The molecule has 2 rings (SSSR count). The Bertz CT molecular complexity index is 390. The molecule has 74 valence electrons. The highest BCUT2D eigenvalue weighted by molar-refractivity contribution is 7.18. The molecule has 0 fully saturated rings. The van der Waals surface area contributed by atoms with Gasteiger partial charge in [0.25, 0.3) is 0 Å². The van der Waals surface area contributed by atoms with E-state index in [2.05, 4.69) is 15.0 Å². The molecule has 0 bridgehead atoms. The lowest BCUT2D eigenvalue weighted by Gasteiger charge is -2.00. The fourth-order valence-electron chi connectivity index (χ4n) is 1.18. The Morgan fingerprint density at radius 1 is 1.43 bits per heavy atom. The van der Waals surface area contributed by atoms with Crippen LogP contribution < -0.4 is 5.73 Å². The third-order valence-electron chi connectivity index (χ3n) is 1.91. The van der Waals surface area contributed by atoms with E-state index in [1.54, 1.807) is 23.7 Å². The predicted molar refractivity (Wildman–Crippen MR) is 57.2 cm³/mol. The number of thiazole rings is 1. The minimum atomic E-state index is 0.225. The largest absolute Gasteiger partial charge is 0.328 e. The summed E-state index contributed by atoms with van der Waals surface area (Å²) in [4.78, 5) is 13.6. The number of nitrogens with two attached hydrogens (primary N) is 1. The van der Waals surface area contributed by atoms with Crippen molar-refractivity contribution < 1.29 is 0 Å². The standard InChI is InChI=1S/C9H12N4S/c1-6(10)2-3-7-13-8-9(14-7)12-5-4-11-8/h4-6H,2-3,10H2,1H3. The zero-order chi connectivity index (χ0) is 9.97. The fourth-order valence-corrected chi connectivity index (χ4v) is 2.06. The number of hydrogen-bond donors (Lipinski definition) is 1. The molecule has 2 aromatic heterocycles. The maximum absolute atomic E-state index is 5.68. The first kappa shape index (κ1) is 9.48. The van der Waals surface area contributed by atoms with Crippen molar-refractivity contribution in [2.45, 2.75) is 25.8 Å². The molecule has 2 aromatic rings. The molecule has 4 nitrogen and oxygen atoms in total. The van der Waals surface area contributed by atoms with E-state index in [0.717, 1.165) is 28.3 Å². The number of aromatic nitrogens is 3. The Hall–Kier alpha value is -1.07. The van der Waals surface area contributed by atoms with Gasteiger partial charge in [0.2, 0.25) is 0 Å². The number of rotatable bonds is 3. The van der Waals surface area contributed by atoms with Crippen LogP contribution in [-0.4, -0.2) is 21.0 Å². The molecule has 14 heavy (non-hydrogen) atoms. The minimum Gasteiger partial charge on any atom is -0.328 e. The van der Waals surface area contributed by atoms with Crippen molar-refractivity contribution in [2.75, 3.05) is 0 Å². The Balaban J connectivity index is 2.19. The van der Waals surface area contributed by atoms with E-state index >= 15 is 0 Å². The summed E-state index contributed by atoms with van der Waals surface area (Å²) in [5.74, 6) is 0. The van der Waals surface area contributed by atoms with Gasteiger partial charge in [0.05, 0.1) is 5.01 Å². The molecule has 0 saturated carbocycles. The number of hydrogen-bond acceptors (Lipinski definition) is 5. The molecule has 2 heterocycles. The maximum atomic E-state index is 5.68. The zero-order valence-electron chi connectivity index (χ0n) is 7.97. The average molecular weight is 208 g/mol. The van der Waals surface area contributed by atoms with Gasteiger partial charge in [0.15, 0.2) is 10.5 Å². The minimum absolute atomic E-state index is 0.225. The van der Waals surface area contributed by atoms with Gasteiger partial charge >= 0.3 is 0 Å². The highest BCUT2D eigenvalue weighted by Crippen LogP contribution is 2.18. The van der Waals surface area contributed by atoms with E-state index in [0.29, 0.717) is 0 Å². The maximum Gasteiger partial charge on any atom is 0.189 e. The summed E-state index contributed by atoms with van der Waals surface area (Å²) in [5.41, 5.74) is 6.43. The molecule has 0 saturated heterocycles. The molecule has 0 radical (unpaired) electrons. The van der Waals surface area contributed by atoms with Crippen LogP contribution in [0.15, 0.2) is 12.4 Å². The first-order chi connectivity index (χ1) is 6.75. The lowest BCUT2D eigenvalue weighted by Crippen LogP contribution is -2.15. The van der Waals surface area contributed by atoms with Gasteiger partial charge in [-0.25, -0.2) is 15.0 Å². The number of aryl methyl sites for hydroxylation is 1. The second-order valence-corrected chi connectivity index (χ2v) is 4.37. The molecule has 0 spiro atoms. The third kappa shape index (κ3) is 2.05. The zero-order valence-corrected chi connectivity index (χ0v) is 8.79. The van der Waals surface area contributed by atoms with Gasteiger partial charge in [-0.2, -0.15) is 0 Å². The van der Waals surface area contributed by atoms with Crippen LogP contribution in [0.2, 0.25) is 0 Å². The molecular formula is C9H12N4S. The smallest absolute Gasteiger partial charge is 0.189 e. The molecular weight excluding hydrogens is 196 g/mol. The first-order valence-corrected chi connectivity index (χ1v) is 5.39. The van der Waals surface area contributed by atoms with Crippen LogP contribution in [0.5, 0.6) is 0 Å². The predicted octanol–water partition coefficient (Wildman–Crippen LogP) is 1.37. The molecule has 0 aliphatic carbocycles. The quantitative estimate of drug-likeness (QED) is 0.827. The summed E-state index contributed by atoms with van der Waals surface area (Å²) < 4.78 is 0. The second kappa shape index (κ2) is 3.98. The Labute approximate surface area is 86.2 Å². The average Bonchev–Trinajstić information content (AvgIpc) is 2.57. The third-order valence-corrected chi connectivity index (χ3v) is 2.92. The van der Waals surface area contributed by atoms with E-state index in [1.165, 1.54) is 0 Å². The fraction of sp³-hybridized carbons (Fsp3) is 0.444. The topological polar surface area (TPSA) is 64.7 Å². The summed E-state index contributed by atoms with van der Waals surface area (Å²) in [6.45, 7) is 2.00. The van der Waals surface area contributed by atoms with Crippen molar-refractivity contribution in [3.63, 3.8) is 0 Å². The molecule has 2 N–H and O–H groups in total. The van der Waals surface area contributed by atoms with E-state index < -0.39 is 0 Å². The van der Waals surface area contributed by atoms with Gasteiger partial charge in [-0.15, -0.1) is 0 Å². The highest BCUT2D eigenvalue weighted by atomic mass is 32.1. The number of nitrogens with zero attached hydrogens (tertiary/aromatic N) is 3. The molecule has 0 aliphatic heterocycles. The van der Waals surface area contributed by atoms with E-state index in [-0.39, 0.29) is 6.04 Å². The van der Waals surface area contributed by atoms with E-state index in [9.17, 15) is 0 Å². The molecule has 0 amide bonds. The molecule has 0 aliphatic rings. The SMILES string of the molecule is CC(N)CCc1nc2nccnc2s1. The van der Waals surface area contributed by atoms with Crippen LogP contribution in [-0.2, 0) is 6.42 Å². The van der Waals surface area contributed by atoms with Crippen molar-refractivity contribution in [3.8, 4) is 0 Å². The lowest BCUT2D eigenvalue weighted by molar-refractivity contribution is 0.664. The Morgan fingerprint density at radius 3 is 2.93 bits per heavy atom. The summed E-state index contributed by atoms with van der Waals surface area (Å²) in [5, 5.41) is 1.07. The van der Waals surface area contributed by atoms with Gasteiger partial charge < -0.3 is 5.73 Å². The lowest BCUT2D eigenvalue weighted by atomic mass is 10.2. The van der Waals surface area contributed by atoms with Crippen molar-refractivity contribution in [3.05, 3.63) is 17.4 Å². The Morgan fingerprint density at radius 2 is 2.21 bits per heavy atom. The summed E-state index contributed by atoms with van der Waals surface area (Å²) in [7, 11) is 0. The normalized spacial score (nSPS) is 13.3. The molecule has 1 atom stereocenters. The van der Waals surface area contributed by atoms with Crippen LogP contribution >= 0.6 is 11.3 Å². The van der Waals surface area contributed by atoms with Crippen molar-refractivity contribution in [1.82, 2.24) is 15.0 Å². The molecule has 1 unspecified atom stereocenters. The summed E-state index contributed by atoms with van der Waals surface area (Å²) in [6, 6.07) is 0.225. The summed E-state index contributed by atoms with van der Waals surface area (Å²) in [6.07, 6.45) is 5.23. The van der Waals surface area contributed by atoms with Crippen molar-refractivity contribution in [2.24, 2.45) is 5.73 Å². The second-order valence-electron chi connectivity index (χ2n) is 3.31. The monoisotopic (exact) mass is 208 g/mol. The molecule has 0 aromatic carbocycles. The molecule has 5 heteroatoms. The van der Waals surface area contributed by atoms with Crippen molar-refractivity contribution >= 4 is 21.8 Å². The van der Waals surface area contributed by atoms with Crippen LogP contribution in [0, 0.1) is 0 Å². The van der Waals surface area contributed by atoms with E-state index in [4.69, 9.17) is 5.73 Å². The highest BCUT2D eigenvalue weighted by Gasteiger charge is 2.05. The van der Waals surface area contributed by atoms with Crippen molar-refractivity contribution in [1.29, 1.82) is 0 Å². The first-order valence-electron chi connectivity index (χ1n) is 4.57. The van der Waals surface area contributed by atoms with Gasteiger partial charge in [-0.1, -0.05) is 11.3 Å². The number of fused-ring (bicyclic) bond motifs is 1. The van der Waals surface area contributed by atoms with E-state index in [1.807, 2.05) is 6.92 Å². The van der Waals surface area contributed by atoms with Gasteiger partial charge in [-0.3, -0.25) is 0 Å².